The molecule has 3 nitrogen and oxygen atoms in total. The van der Waals surface area contributed by atoms with Crippen molar-refractivity contribution >= 4 is 5.69 Å². The van der Waals surface area contributed by atoms with Crippen LogP contribution in [0.2, 0.25) is 0 Å². The number of anilines is 1. The van der Waals surface area contributed by atoms with Crippen LogP contribution in [0.5, 0.6) is 0 Å². The molecule has 0 saturated heterocycles. The minimum atomic E-state index is -0.605. The molecule has 0 saturated carbocycles. The molecule has 5 heteroatoms. The number of nitrogens with zero attached hydrogens (tertiary/aromatic N) is 2. The molecular weight excluding hydrogens is 248 g/mol. The van der Waals surface area contributed by atoms with Gasteiger partial charge in [-0.1, -0.05) is 6.07 Å². The van der Waals surface area contributed by atoms with E-state index in [1.807, 2.05) is 6.07 Å². The zero-order valence-corrected chi connectivity index (χ0v) is 10.6. The van der Waals surface area contributed by atoms with Crippen molar-refractivity contribution in [2.24, 2.45) is 5.73 Å². The summed E-state index contributed by atoms with van der Waals surface area (Å²) in [4.78, 5) is 5.49. The maximum Gasteiger partial charge on any atom is 0.149 e. The van der Waals surface area contributed by atoms with Crippen LogP contribution in [-0.2, 0) is 13.1 Å². The van der Waals surface area contributed by atoms with Gasteiger partial charge in [-0.2, -0.15) is 0 Å². The third kappa shape index (κ3) is 3.06. The molecule has 0 fully saturated rings. The monoisotopic (exact) mass is 263 g/mol. The molecule has 0 atom stereocenters. The van der Waals surface area contributed by atoms with Gasteiger partial charge in [0.2, 0.25) is 0 Å². The molecule has 0 radical (unpaired) electrons. The van der Waals surface area contributed by atoms with Crippen LogP contribution in [0.3, 0.4) is 0 Å². The second-order valence-electron chi connectivity index (χ2n) is 4.33. The number of halogens is 2. The van der Waals surface area contributed by atoms with E-state index in [-0.39, 0.29) is 12.2 Å². The molecule has 19 heavy (non-hydrogen) atoms. The van der Waals surface area contributed by atoms with E-state index in [1.54, 1.807) is 25.5 Å². The summed E-state index contributed by atoms with van der Waals surface area (Å²) in [5, 5.41) is 0. The van der Waals surface area contributed by atoms with Gasteiger partial charge in [0.15, 0.2) is 0 Å². The summed E-state index contributed by atoms with van der Waals surface area (Å²) in [5.41, 5.74) is 6.65. The lowest BCUT2D eigenvalue weighted by molar-refractivity contribution is 0.573. The largest absolute Gasteiger partial charge is 0.365 e. The van der Waals surface area contributed by atoms with Crippen molar-refractivity contribution in [3.63, 3.8) is 0 Å². The molecule has 1 aromatic carbocycles. The number of nitrogens with two attached hydrogens (primary N) is 1. The van der Waals surface area contributed by atoms with Crippen LogP contribution in [0.1, 0.15) is 11.1 Å². The van der Waals surface area contributed by atoms with E-state index in [9.17, 15) is 8.78 Å². The van der Waals surface area contributed by atoms with Gasteiger partial charge in [-0.05, 0) is 29.3 Å². The highest BCUT2D eigenvalue weighted by atomic mass is 19.1. The van der Waals surface area contributed by atoms with E-state index >= 15 is 0 Å². The Morgan fingerprint density at radius 3 is 2.42 bits per heavy atom. The summed E-state index contributed by atoms with van der Waals surface area (Å²) in [6.07, 6.45) is 3.32. The molecule has 0 aliphatic carbocycles. The summed E-state index contributed by atoms with van der Waals surface area (Å²) in [5.74, 6) is -1.21. The molecule has 2 rings (SSSR count). The molecule has 0 aliphatic heterocycles. The number of benzene rings is 1. The van der Waals surface area contributed by atoms with E-state index < -0.39 is 11.6 Å². The first-order valence-electron chi connectivity index (χ1n) is 5.90. The first-order chi connectivity index (χ1) is 9.11. The molecule has 0 amide bonds. The molecule has 2 N–H and O–H groups in total. The Morgan fingerprint density at radius 2 is 1.89 bits per heavy atom. The highest BCUT2D eigenvalue weighted by Gasteiger charge is 2.15. The quantitative estimate of drug-likeness (QED) is 0.921. The molecule has 1 aromatic heterocycles. The Morgan fingerprint density at radius 1 is 1.21 bits per heavy atom. The van der Waals surface area contributed by atoms with E-state index in [0.717, 1.165) is 5.56 Å². The second-order valence-corrected chi connectivity index (χ2v) is 4.33. The molecule has 0 unspecified atom stereocenters. The number of rotatable bonds is 4. The average Bonchev–Trinajstić information content (AvgIpc) is 2.38. The smallest absolute Gasteiger partial charge is 0.149 e. The number of hydrogen-bond acceptors (Lipinski definition) is 3. The second kappa shape index (κ2) is 5.75. The summed E-state index contributed by atoms with van der Waals surface area (Å²) in [6, 6.07) is 6.16. The van der Waals surface area contributed by atoms with Crippen LogP contribution in [0.25, 0.3) is 0 Å². The van der Waals surface area contributed by atoms with Crippen molar-refractivity contribution < 1.29 is 8.78 Å². The van der Waals surface area contributed by atoms with Crippen molar-refractivity contribution in [2.75, 3.05) is 11.9 Å². The van der Waals surface area contributed by atoms with E-state index in [1.165, 1.54) is 17.0 Å². The molecule has 100 valence electrons. The molecule has 0 spiro atoms. The van der Waals surface area contributed by atoms with Gasteiger partial charge in [0.1, 0.15) is 17.3 Å². The van der Waals surface area contributed by atoms with Crippen LogP contribution < -0.4 is 10.6 Å². The van der Waals surface area contributed by atoms with Crippen LogP contribution >= 0.6 is 0 Å². The number of pyridine rings is 1. The fraction of sp³-hybridized carbons (Fsp3) is 0.214. The van der Waals surface area contributed by atoms with E-state index in [2.05, 4.69) is 4.98 Å². The van der Waals surface area contributed by atoms with Gasteiger partial charge in [-0.15, -0.1) is 0 Å². The van der Waals surface area contributed by atoms with Gasteiger partial charge in [0.05, 0.1) is 0 Å². The minimum Gasteiger partial charge on any atom is -0.365 e. The van der Waals surface area contributed by atoms with Crippen molar-refractivity contribution in [2.45, 2.75) is 13.1 Å². The Bertz CT molecular complexity index is 535. The lowest BCUT2D eigenvalue weighted by atomic mass is 10.1. The normalized spacial score (nSPS) is 10.5. The maximum absolute atomic E-state index is 13.9. The Balaban J connectivity index is 2.26. The minimum absolute atomic E-state index is 0.0546. The fourth-order valence-electron chi connectivity index (χ4n) is 1.95. The lowest BCUT2D eigenvalue weighted by Crippen LogP contribution is -2.19. The zero-order chi connectivity index (χ0) is 13.8. The topological polar surface area (TPSA) is 42.2 Å². The van der Waals surface area contributed by atoms with Crippen molar-refractivity contribution in [1.82, 2.24) is 4.98 Å². The molecule has 0 bridgehead atoms. The predicted octanol–water partition coefficient (Wildman–Crippen LogP) is 2.45. The van der Waals surface area contributed by atoms with Crippen LogP contribution in [-0.4, -0.2) is 12.0 Å². The van der Waals surface area contributed by atoms with Gasteiger partial charge in [-0.3, -0.25) is 4.98 Å². The van der Waals surface area contributed by atoms with Crippen LogP contribution in [0.15, 0.2) is 36.7 Å². The number of hydrogen-bond donors (Lipinski definition) is 1. The van der Waals surface area contributed by atoms with Gasteiger partial charge in [0.25, 0.3) is 0 Å². The van der Waals surface area contributed by atoms with Gasteiger partial charge < -0.3 is 10.6 Å². The Hall–Kier alpha value is -2.01. The third-order valence-electron chi connectivity index (χ3n) is 2.84. The standard InChI is InChI=1S/C14H15F2N3/c1-19(9-10-3-2-4-18-8-10)14-12(15)5-11(7-17)6-13(14)16/h2-6,8H,7,9,17H2,1H3. The molecular formula is C14H15F2N3. The zero-order valence-electron chi connectivity index (χ0n) is 10.6. The van der Waals surface area contributed by atoms with Gasteiger partial charge in [0, 0.05) is 32.5 Å². The Labute approximate surface area is 110 Å². The first-order valence-corrected chi connectivity index (χ1v) is 5.90. The summed E-state index contributed by atoms with van der Waals surface area (Å²) in [7, 11) is 1.64. The molecule has 0 aliphatic rings. The number of aromatic nitrogens is 1. The summed E-state index contributed by atoms with van der Waals surface area (Å²) >= 11 is 0. The lowest BCUT2D eigenvalue weighted by Gasteiger charge is -2.21. The maximum atomic E-state index is 13.9. The first kappa shape index (κ1) is 13.4. The SMILES string of the molecule is CN(Cc1cccnc1)c1c(F)cc(CN)cc1F. The van der Waals surface area contributed by atoms with Crippen molar-refractivity contribution in [3.05, 3.63) is 59.4 Å². The predicted molar refractivity (Wildman–Crippen MR) is 70.6 cm³/mol. The van der Waals surface area contributed by atoms with Crippen LogP contribution in [0, 0.1) is 11.6 Å². The van der Waals surface area contributed by atoms with Gasteiger partial charge >= 0.3 is 0 Å². The van der Waals surface area contributed by atoms with E-state index in [0.29, 0.717) is 12.1 Å². The van der Waals surface area contributed by atoms with Crippen molar-refractivity contribution in [1.29, 1.82) is 0 Å². The highest BCUT2D eigenvalue weighted by molar-refractivity contribution is 5.50. The van der Waals surface area contributed by atoms with Gasteiger partial charge in [-0.25, -0.2) is 8.78 Å². The van der Waals surface area contributed by atoms with E-state index in [4.69, 9.17) is 5.73 Å². The van der Waals surface area contributed by atoms with Crippen molar-refractivity contribution in [3.8, 4) is 0 Å². The fourth-order valence-corrected chi connectivity index (χ4v) is 1.95. The molecule has 1 heterocycles. The summed E-state index contributed by atoms with van der Waals surface area (Å²) in [6.45, 7) is 0.490. The Kier molecular flexibility index (Phi) is 4.06. The third-order valence-corrected chi connectivity index (χ3v) is 2.84. The average molecular weight is 263 g/mol. The highest BCUT2D eigenvalue weighted by Crippen LogP contribution is 2.25. The van der Waals surface area contributed by atoms with Crippen LogP contribution in [0.4, 0.5) is 14.5 Å². The molecule has 2 aromatic rings. The summed E-state index contributed by atoms with van der Waals surface area (Å²) < 4.78 is 27.8.